The predicted molar refractivity (Wildman–Crippen MR) is 110 cm³/mol. The first-order valence-corrected chi connectivity index (χ1v) is 9.26. The third-order valence-corrected chi connectivity index (χ3v) is 5.23. The van der Waals surface area contributed by atoms with E-state index in [1.807, 2.05) is 37.3 Å². The molecule has 126 valence electrons. The third kappa shape index (κ3) is 4.30. The van der Waals surface area contributed by atoms with Gasteiger partial charge < -0.3 is 0 Å². The van der Waals surface area contributed by atoms with Gasteiger partial charge in [0.2, 0.25) is 0 Å². The first kappa shape index (κ1) is 18.1. The maximum atomic E-state index is 12.5. The molecule has 25 heavy (non-hydrogen) atoms. The number of hydrogen-bond acceptors (Lipinski definition) is 4. The predicted octanol–water partition coefficient (Wildman–Crippen LogP) is 5.54. The van der Waals surface area contributed by atoms with Crippen molar-refractivity contribution in [3.05, 3.63) is 74.1 Å². The summed E-state index contributed by atoms with van der Waals surface area (Å²) in [5, 5.41) is 6.38. The molecule has 2 aromatic carbocycles. The highest BCUT2D eigenvalue weighted by Crippen LogP contribution is 2.33. The summed E-state index contributed by atoms with van der Waals surface area (Å²) in [6.45, 7) is 2.00. The van der Waals surface area contributed by atoms with Gasteiger partial charge in [0.25, 0.3) is 5.91 Å². The molecule has 0 N–H and O–H groups in total. The van der Waals surface area contributed by atoms with Crippen LogP contribution in [0.15, 0.2) is 52.5 Å². The van der Waals surface area contributed by atoms with Crippen LogP contribution >= 0.6 is 47.2 Å². The lowest BCUT2D eigenvalue weighted by atomic mass is 10.1. The molecule has 3 rings (SSSR count). The van der Waals surface area contributed by atoms with Crippen molar-refractivity contribution in [1.29, 1.82) is 0 Å². The van der Waals surface area contributed by atoms with Gasteiger partial charge in [0.15, 0.2) is 4.32 Å². The van der Waals surface area contributed by atoms with Crippen LogP contribution in [-0.2, 0) is 4.79 Å². The number of amides is 1. The molecule has 1 aliphatic heterocycles. The number of halogens is 2. The van der Waals surface area contributed by atoms with Crippen LogP contribution in [0.5, 0.6) is 0 Å². The first-order chi connectivity index (χ1) is 11.9. The van der Waals surface area contributed by atoms with E-state index in [2.05, 4.69) is 5.10 Å². The Kier molecular flexibility index (Phi) is 5.59. The zero-order chi connectivity index (χ0) is 18.0. The molecule has 0 aromatic heterocycles. The second-order valence-corrected chi connectivity index (χ2v) is 7.84. The number of hydrazone groups is 1. The molecule has 0 unspecified atom stereocenters. The van der Waals surface area contributed by atoms with E-state index in [9.17, 15) is 4.79 Å². The Morgan fingerprint density at radius 3 is 2.72 bits per heavy atom. The molecule has 7 heteroatoms. The van der Waals surface area contributed by atoms with Crippen molar-refractivity contribution in [3.8, 4) is 0 Å². The molecule has 2 aromatic rings. The van der Waals surface area contributed by atoms with Gasteiger partial charge in [-0.3, -0.25) is 4.79 Å². The van der Waals surface area contributed by atoms with Crippen molar-refractivity contribution < 1.29 is 4.79 Å². The Balaban J connectivity index is 1.83. The number of hydrogen-bond donors (Lipinski definition) is 0. The maximum Gasteiger partial charge on any atom is 0.286 e. The van der Waals surface area contributed by atoms with Crippen LogP contribution in [0, 0.1) is 6.92 Å². The van der Waals surface area contributed by atoms with Gasteiger partial charge in [-0.05, 0) is 42.9 Å². The van der Waals surface area contributed by atoms with Gasteiger partial charge in [-0.1, -0.05) is 70.9 Å². The Morgan fingerprint density at radius 1 is 1.20 bits per heavy atom. The number of thioether (sulfide) groups is 1. The summed E-state index contributed by atoms with van der Waals surface area (Å²) < 4.78 is 0.380. The highest BCUT2D eigenvalue weighted by Gasteiger charge is 2.32. The van der Waals surface area contributed by atoms with Crippen LogP contribution in [0.1, 0.15) is 16.7 Å². The van der Waals surface area contributed by atoms with E-state index in [0.717, 1.165) is 11.1 Å². The fraction of sp³-hybridized carbons (Fsp3) is 0.0556. The summed E-state index contributed by atoms with van der Waals surface area (Å²) in [7, 11) is 0. The quantitative estimate of drug-likeness (QED) is 0.381. The van der Waals surface area contributed by atoms with Gasteiger partial charge in [0.05, 0.1) is 16.1 Å². The van der Waals surface area contributed by atoms with Gasteiger partial charge in [0.1, 0.15) is 0 Å². The molecule has 1 amide bonds. The largest absolute Gasteiger partial charge is 0.286 e. The van der Waals surface area contributed by atoms with Crippen molar-refractivity contribution in [2.24, 2.45) is 5.10 Å². The van der Waals surface area contributed by atoms with Crippen LogP contribution in [0.25, 0.3) is 6.08 Å². The average Bonchev–Trinajstić information content (AvgIpc) is 2.81. The monoisotopic (exact) mass is 406 g/mol. The normalized spacial score (nSPS) is 16.4. The molecular weight excluding hydrogens is 395 g/mol. The van der Waals surface area contributed by atoms with E-state index in [1.165, 1.54) is 23.0 Å². The van der Waals surface area contributed by atoms with Crippen LogP contribution in [0.2, 0.25) is 10.0 Å². The van der Waals surface area contributed by atoms with Crippen molar-refractivity contribution in [2.75, 3.05) is 0 Å². The van der Waals surface area contributed by atoms with Gasteiger partial charge in [0, 0.05) is 10.6 Å². The maximum absolute atomic E-state index is 12.5. The molecular formula is C18H12Cl2N2OS2. The molecule has 1 aliphatic rings. The Morgan fingerprint density at radius 2 is 2.00 bits per heavy atom. The Bertz CT molecular complexity index is 925. The summed E-state index contributed by atoms with van der Waals surface area (Å²) in [5.41, 5.74) is 2.73. The number of carbonyl (C=O) groups excluding carboxylic acids is 1. The van der Waals surface area contributed by atoms with Gasteiger partial charge >= 0.3 is 0 Å². The molecule has 0 saturated carbocycles. The lowest BCUT2D eigenvalue weighted by Gasteiger charge is -2.06. The summed E-state index contributed by atoms with van der Waals surface area (Å²) in [6.07, 6.45) is 3.32. The highest BCUT2D eigenvalue weighted by molar-refractivity contribution is 8.26. The fourth-order valence-corrected chi connectivity index (χ4v) is 3.83. The fourth-order valence-electron chi connectivity index (χ4n) is 2.20. The van der Waals surface area contributed by atoms with Crippen molar-refractivity contribution in [2.45, 2.75) is 6.92 Å². The number of benzene rings is 2. The summed E-state index contributed by atoms with van der Waals surface area (Å²) in [6, 6.07) is 12.9. The van der Waals surface area contributed by atoms with Crippen molar-refractivity contribution >= 4 is 69.7 Å². The van der Waals surface area contributed by atoms with Crippen LogP contribution in [-0.4, -0.2) is 21.5 Å². The molecule has 3 nitrogen and oxygen atoms in total. The molecule has 1 saturated heterocycles. The number of aryl methyl sites for hydroxylation is 1. The molecule has 0 atom stereocenters. The van der Waals surface area contributed by atoms with Gasteiger partial charge in [-0.15, -0.1) is 0 Å². The minimum atomic E-state index is -0.252. The zero-order valence-corrected chi connectivity index (χ0v) is 16.2. The van der Waals surface area contributed by atoms with E-state index in [4.69, 9.17) is 35.4 Å². The minimum Gasteiger partial charge on any atom is -0.266 e. The minimum absolute atomic E-state index is 0.252. The van der Waals surface area contributed by atoms with Crippen LogP contribution in [0.4, 0.5) is 0 Å². The molecule has 0 bridgehead atoms. The number of nitrogens with zero attached hydrogens (tertiary/aromatic N) is 2. The smallest absolute Gasteiger partial charge is 0.266 e. The number of carbonyl (C=O) groups is 1. The van der Waals surface area contributed by atoms with Gasteiger partial charge in [-0.25, -0.2) is 0 Å². The molecule has 0 aliphatic carbocycles. The highest BCUT2D eigenvalue weighted by atomic mass is 35.5. The lowest BCUT2D eigenvalue weighted by Crippen LogP contribution is -2.22. The average molecular weight is 407 g/mol. The molecule has 1 fully saturated rings. The van der Waals surface area contributed by atoms with Gasteiger partial charge in [-0.2, -0.15) is 10.1 Å². The van der Waals surface area contributed by atoms with Crippen LogP contribution in [0.3, 0.4) is 0 Å². The summed E-state index contributed by atoms with van der Waals surface area (Å²) in [4.78, 5) is 13.1. The van der Waals surface area contributed by atoms with E-state index < -0.39 is 0 Å². The van der Waals surface area contributed by atoms with Crippen molar-refractivity contribution in [3.63, 3.8) is 0 Å². The second kappa shape index (κ2) is 7.70. The lowest BCUT2D eigenvalue weighted by molar-refractivity contribution is -0.122. The third-order valence-electron chi connectivity index (χ3n) is 3.39. The summed E-state index contributed by atoms with van der Waals surface area (Å²) >= 11 is 18.5. The SMILES string of the molecule is Cc1cccc(/C=C2\SC(=S)N(/N=C/c3ccc(Cl)cc3Cl)C2=O)c1. The zero-order valence-electron chi connectivity index (χ0n) is 13.1. The molecule has 0 spiro atoms. The number of thiocarbonyl (C=S) groups is 1. The van der Waals surface area contributed by atoms with E-state index in [-0.39, 0.29) is 5.91 Å². The van der Waals surface area contributed by atoms with Crippen LogP contribution < -0.4 is 0 Å². The molecule has 0 radical (unpaired) electrons. The second-order valence-electron chi connectivity index (χ2n) is 5.32. The number of rotatable bonds is 3. The topological polar surface area (TPSA) is 32.7 Å². The van der Waals surface area contributed by atoms with Crippen molar-refractivity contribution in [1.82, 2.24) is 5.01 Å². The Labute approximate surface area is 165 Å². The van der Waals surface area contributed by atoms with E-state index in [0.29, 0.717) is 24.8 Å². The van der Waals surface area contributed by atoms with E-state index in [1.54, 1.807) is 18.2 Å². The Hall–Kier alpha value is -1.66. The standard InChI is InChI=1S/C18H12Cl2N2OS2/c1-11-3-2-4-12(7-11)8-16-17(23)22(18(24)25-16)21-10-13-5-6-14(19)9-15(13)20/h2-10H,1H3/b16-8-,21-10+. The summed E-state index contributed by atoms with van der Waals surface area (Å²) in [5.74, 6) is -0.252. The molecule has 1 heterocycles. The van der Waals surface area contributed by atoms with E-state index >= 15 is 0 Å². The first-order valence-electron chi connectivity index (χ1n) is 7.28.